The molecule has 1 N–H and O–H groups in total. The van der Waals surface area contributed by atoms with Crippen molar-refractivity contribution in [1.82, 2.24) is 5.32 Å². The van der Waals surface area contributed by atoms with E-state index in [2.05, 4.69) is 51.2 Å². The molecule has 19 heavy (non-hydrogen) atoms. The van der Waals surface area contributed by atoms with Crippen LogP contribution in [0.5, 0.6) is 0 Å². The summed E-state index contributed by atoms with van der Waals surface area (Å²) in [5, 5.41) is 3.68. The van der Waals surface area contributed by atoms with Crippen molar-refractivity contribution >= 4 is 0 Å². The monoisotopic (exact) mass is 263 g/mol. The highest BCUT2D eigenvalue weighted by Gasteiger charge is 2.15. The van der Waals surface area contributed by atoms with Crippen LogP contribution in [0.3, 0.4) is 0 Å². The predicted octanol–water partition coefficient (Wildman–Crippen LogP) is 4.16. The van der Waals surface area contributed by atoms with Gasteiger partial charge in [-0.3, -0.25) is 0 Å². The van der Waals surface area contributed by atoms with E-state index >= 15 is 0 Å². The van der Waals surface area contributed by atoms with Gasteiger partial charge in [-0.05, 0) is 63.3 Å². The van der Waals surface area contributed by atoms with Crippen LogP contribution in [-0.2, 0) is 4.74 Å². The first-order valence-electron chi connectivity index (χ1n) is 7.42. The van der Waals surface area contributed by atoms with Gasteiger partial charge in [-0.2, -0.15) is 0 Å². The SMILES string of the molecule is CCCNC(CCC(C)OC)c1cccc(C)c1C. The van der Waals surface area contributed by atoms with Gasteiger partial charge in [0.05, 0.1) is 6.10 Å². The molecule has 0 spiro atoms. The first kappa shape index (κ1) is 16.2. The highest BCUT2D eigenvalue weighted by Crippen LogP contribution is 2.25. The Morgan fingerprint density at radius 1 is 1.21 bits per heavy atom. The molecule has 0 aliphatic rings. The molecule has 0 saturated carbocycles. The summed E-state index contributed by atoms with van der Waals surface area (Å²) in [5.41, 5.74) is 4.23. The number of aryl methyl sites for hydroxylation is 1. The van der Waals surface area contributed by atoms with Crippen LogP contribution in [0.15, 0.2) is 18.2 Å². The average molecular weight is 263 g/mol. The van der Waals surface area contributed by atoms with Gasteiger partial charge >= 0.3 is 0 Å². The minimum Gasteiger partial charge on any atom is -0.382 e. The number of methoxy groups -OCH3 is 1. The summed E-state index contributed by atoms with van der Waals surface area (Å²) in [5.74, 6) is 0. The number of benzene rings is 1. The van der Waals surface area contributed by atoms with E-state index in [0.29, 0.717) is 12.1 Å². The minimum absolute atomic E-state index is 0.330. The summed E-state index contributed by atoms with van der Waals surface area (Å²) >= 11 is 0. The van der Waals surface area contributed by atoms with Gasteiger partial charge in [0.25, 0.3) is 0 Å². The molecule has 2 heteroatoms. The van der Waals surface area contributed by atoms with E-state index in [4.69, 9.17) is 4.74 Å². The highest BCUT2D eigenvalue weighted by atomic mass is 16.5. The van der Waals surface area contributed by atoms with Gasteiger partial charge in [0.2, 0.25) is 0 Å². The average Bonchev–Trinajstić information content (AvgIpc) is 2.42. The van der Waals surface area contributed by atoms with Crippen LogP contribution < -0.4 is 5.32 Å². The molecule has 0 heterocycles. The number of nitrogens with one attached hydrogen (secondary N) is 1. The number of rotatable bonds is 8. The molecule has 0 radical (unpaired) electrons. The Morgan fingerprint density at radius 3 is 2.58 bits per heavy atom. The van der Waals surface area contributed by atoms with Crippen LogP contribution in [0.4, 0.5) is 0 Å². The Labute approximate surface area is 118 Å². The zero-order valence-corrected chi connectivity index (χ0v) is 13.1. The Balaban J connectivity index is 2.80. The number of hydrogen-bond donors (Lipinski definition) is 1. The van der Waals surface area contributed by atoms with Crippen LogP contribution in [0.1, 0.15) is 55.8 Å². The molecule has 2 nitrogen and oxygen atoms in total. The van der Waals surface area contributed by atoms with Crippen LogP contribution >= 0.6 is 0 Å². The quantitative estimate of drug-likeness (QED) is 0.760. The van der Waals surface area contributed by atoms with E-state index in [-0.39, 0.29) is 0 Å². The van der Waals surface area contributed by atoms with Gasteiger partial charge in [-0.25, -0.2) is 0 Å². The molecular formula is C17H29NO. The van der Waals surface area contributed by atoms with E-state index in [9.17, 15) is 0 Å². The van der Waals surface area contributed by atoms with Crippen LogP contribution in [0, 0.1) is 13.8 Å². The molecule has 0 aromatic heterocycles. The van der Waals surface area contributed by atoms with Crippen molar-refractivity contribution in [2.75, 3.05) is 13.7 Å². The Hall–Kier alpha value is -0.860. The van der Waals surface area contributed by atoms with Gasteiger partial charge in [0.1, 0.15) is 0 Å². The first-order valence-corrected chi connectivity index (χ1v) is 7.42. The number of hydrogen-bond acceptors (Lipinski definition) is 2. The lowest BCUT2D eigenvalue weighted by atomic mass is 9.94. The standard InChI is InChI=1S/C17H29NO/c1-6-12-18-17(11-10-14(3)19-5)16-9-7-8-13(2)15(16)4/h7-9,14,17-18H,6,10-12H2,1-5H3. The fraction of sp³-hybridized carbons (Fsp3) is 0.647. The molecule has 2 atom stereocenters. The summed E-state index contributed by atoms with van der Waals surface area (Å²) in [6.45, 7) is 9.84. The summed E-state index contributed by atoms with van der Waals surface area (Å²) in [4.78, 5) is 0. The maximum Gasteiger partial charge on any atom is 0.0543 e. The van der Waals surface area contributed by atoms with Crippen molar-refractivity contribution in [3.8, 4) is 0 Å². The van der Waals surface area contributed by atoms with E-state index < -0.39 is 0 Å². The minimum atomic E-state index is 0.330. The second kappa shape index (κ2) is 8.34. The van der Waals surface area contributed by atoms with E-state index in [0.717, 1.165) is 19.4 Å². The third kappa shape index (κ3) is 4.96. The lowest BCUT2D eigenvalue weighted by Crippen LogP contribution is -2.24. The predicted molar refractivity (Wildman–Crippen MR) is 82.7 cm³/mol. The molecule has 0 bridgehead atoms. The van der Waals surface area contributed by atoms with Crippen LogP contribution in [0.25, 0.3) is 0 Å². The molecule has 108 valence electrons. The molecule has 1 aromatic rings. The molecule has 0 aliphatic carbocycles. The highest BCUT2D eigenvalue weighted by molar-refractivity contribution is 5.35. The maximum absolute atomic E-state index is 5.37. The third-order valence-electron chi connectivity index (χ3n) is 3.93. The molecule has 1 rings (SSSR count). The first-order chi connectivity index (χ1) is 9.10. The van der Waals surface area contributed by atoms with Crippen LogP contribution in [-0.4, -0.2) is 19.8 Å². The second-order valence-electron chi connectivity index (χ2n) is 5.42. The molecule has 0 amide bonds. The molecule has 2 unspecified atom stereocenters. The lowest BCUT2D eigenvalue weighted by Gasteiger charge is -2.23. The summed E-state index contributed by atoms with van der Waals surface area (Å²) in [6, 6.07) is 7.05. The van der Waals surface area contributed by atoms with Gasteiger partial charge in [0, 0.05) is 13.2 Å². The van der Waals surface area contributed by atoms with E-state index in [1.54, 1.807) is 7.11 Å². The van der Waals surface area contributed by atoms with E-state index in [1.165, 1.54) is 23.1 Å². The smallest absolute Gasteiger partial charge is 0.0543 e. The van der Waals surface area contributed by atoms with Gasteiger partial charge in [-0.15, -0.1) is 0 Å². The van der Waals surface area contributed by atoms with Crippen molar-refractivity contribution < 1.29 is 4.74 Å². The van der Waals surface area contributed by atoms with Crippen molar-refractivity contribution in [3.63, 3.8) is 0 Å². The second-order valence-corrected chi connectivity index (χ2v) is 5.42. The Morgan fingerprint density at radius 2 is 1.95 bits per heavy atom. The molecule has 0 aliphatic heterocycles. The lowest BCUT2D eigenvalue weighted by molar-refractivity contribution is 0.106. The summed E-state index contributed by atoms with van der Waals surface area (Å²) in [6.07, 6.45) is 3.71. The molecular weight excluding hydrogens is 234 g/mol. The zero-order chi connectivity index (χ0) is 14.3. The largest absolute Gasteiger partial charge is 0.382 e. The Kier molecular flexibility index (Phi) is 7.11. The topological polar surface area (TPSA) is 21.3 Å². The third-order valence-corrected chi connectivity index (χ3v) is 3.93. The Bertz CT molecular complexity index is 376. The van der Waals surface area contributed by atoms with E-state index in [1.807, 2.05) is 0 Å². The van der Waals surface area contributed by atoms with Gasteiger partial charge in [-0.1, -0.05) is 25.1 Å². The molecule has 1 aromatic carbocycles. The maximum atomic E-state index is 5.37. The number of ether oxygens (including phenoxy) is 1. The van der Waals surface area contributed by atoms with Crippen molar-refractivity contribution in [2.24, 2.45) is 0 Å². The fourth-order valence-corrected chi connectivity index (χ4v) is 2.36. The summed E-state index contributed by atoms with van der Waals surface area (Å²) in [7, 11) is 1.79. The van der Waals surface area contributed by atoms with Gasteiger partial charge < -0.3 is 10.1 Å². The zero-order valence-electron chi connectivity index (χ0n) is 13.1. The van der Waals surface area contributed by atoms with Crippen molar-refractivity contribution in [3.05, 3.63) is 34.9 Å². The van der Waals surface area contributed by atoms with Crippen molar-refractivity contribution in [2.45, 2.75) is 59.1 Å². The van der Waals surface area contributed by atoms with Crippen molar-refractivity contribution in [1.29, 1.82) is 0 Å². The summed E-state index contributed by atoms with van der Waals surface area (Å²) < 4.78 is 5.37. The normalized spacial score (nSPS) is 14.4. The molecule has 0 fully saturated rings. The van der Waals surface area contributed by atoms with Gasteiger partial charge in [0.15, 0.2) is 0 Å². The molecule has 0 saturated heterocycles. The fourth-order valence-electron chi connectivity index (χ4n) is 2.36. The van der Waals surface area contributed by atoms with Crippen LogP contribution in [0.2, 0.25) is 0 Å².